The van der Waals surface area contributed by atoms with E-state index >= 15 is 0 Å². The maximum atomic E-state index is 13.6. The van der Waals surface area contributed by atoms with Gasteiger partial charge < -0.3 is 9.88 Å². The number of likely N-dealkylation sites (tertiary alicyclic amines) is 1. The van der Waals surface area contributed by atoms with E-state index in [1.54, 1.807) is 0 Å². The maximum absolute atomic E-state index is 13.6. The Hall–Kier alpha value is -2.62. The van der Waals surface area contributed by atoms with Crippen LogP contribution in [-0.2, 0) is 11.2 Å². The van der Waals surface area contributed by atoms with Gasteiger partial charge in [0.25, 0.3) is 0 Å². The second-order valence-electron chi connectivity index (χ2n) is 8.31. The molecule has 0 bridgehead atoms. The van der Waals surface area contributed by atoms with E-state index in [1.807, 2.05) is 23.2 Å². The Morgan fingerprint density at radius 2 is 1.90 bits per heavy atom. The van der Waals surface area contributed by atoms with Crippen molar-refractivity contribution in [3.8, 4) is 0 Å². The highest BCUT2D eigenvalue weighted by molar-refractivity contribution is 5.88. The minimum Gasteiger partial charge on any atom is -0.361 e. The van der Waals surface area contributed by atoms with Gasteiger partial charge in [-0.3, -0.25) is 4.79 Å². The Labute approximate surface area is 171 Å². The zero-order valence-electron chi connectivity index (χ0n) is 17.2. The quantitative estimate of drug-likeness (QED) is 0.598. The Morgan fingerprint density at radius 1 is 1.17 bits per heavy atom. The fraction of sp³-hybridized carbons (Fsp3) is 0.400. The van der Waals surface area contributed by atoms with Crippen LogP contribution in [0.15, 0.2) is 48.7 Å². The van der Waals surface area contributed by atoms with Gasteiger partial charge in [0, 0.05) is 42.5 Å². The lowest BCUT2D eigenvalue weighted by Crippen LogP contribution is -2.38. The number of piperidine rings is 1. The predicted molar refractivity (Wildman–Crippen MR) is 116 cm³/mol. The molecule has 1 N–H and O–H groups in total. The molecule has 1 saturated heterocycles. The number of para-hydroxylation sites is 1. The van der Waals surface area contributed by atoms with Crippen LogP contribution in [-0.4, -0.2) is 28.9 Å². The number of carbonyl (C=O) groups is 1. The molecule has 0 radical (unpaired) electrons. The van der Waals surface area contributed by atoms with Crippen LogP contribution < -0.4 is 0 Å². The average Bonchev–Trinajstić information content (AvgIpc) is 3.17. The van der Waals surface area contributed by atoms with Crippen molar-refractivity contribution >= 4 is 16.8 Å². The SMILES string of the molecule is CCc1cccc2c(C(CC(=O)N3CCC(C)CC3)c3ccc(F)cc3)c[nH]c12. The number of benzene rings is 2. The van der Waals surface area contributed by atoms with Gasteiger partial charge in [-0.2, -0.15) is 0 Å². The monoisotopic (exact) mass is 392 g/mol. The molecule has 0 saturated carbocycles. The highest BCUT2D eigenvalue weighted by Gasteiger charge is 2.26. The Morgan fingerprint density at radius 3 is 2.59 bits per heavy atom. The maximum Gasteiger partial charge on any atom is 0.223 e. The third kappa shape index (κ3) is 4.07. The van der Waals surface area contributed by atoms with Crippen molar-refractivity contribution in [1.29, 1.82) is 0 Å². The summed E-state index contributed by atoms with van der Waals surface area (Å²) in [6, 6.07) is 12.9. The van der Waals surface area contributed by atoms with E-state index < -0.39 is 0 Å². The number of hydrogen-bond donors (Lipinski definition) is 1. The number of aromatic nitrogens is 1. The number of nitrogens with one attached hydrogen (secondary N) is 1. The molecule has 0 aliphatic carbocycles. The van der Waals surface area contributed by atoms with Crippen LogP contribution in [0.2, 0.25) is 0 Å². The van der Waals surface area contributed by atoms with Gasteiger partial charge in [-0.25, -0.2) is 4.39 Å². The highest BCUT2D eigenvalue weighted by atomic mass is 19.1. The van der Waals surface area contributed by atoms with E-state index in [1.165, 1.54) is 17.7 Å². The van der Waals surface area contributed by atoms with Crippen LogP contribution in [0.25, 0.3) is 10.9 Å². The molecular weight excluding hydrogens is 363 g/mol. The van der Waals surface area contributed by atoms with E-state index in [4.69, 9.17) is 0 Å². The lowest BCUT2D eigenvalue weighted by atomic mass is 9.87. The van der Waals surface area contributed by atoms with Crippen molar-refractivity contribution in [1.82, 2.24) is 9.88 Å². The zero-order chi connectivity index (χ0) is 20.4. The van der Waals surface area contributed by atoms with E-state index in [-0.39, 0.29) is 17.6 Å². The van der Waals surface area contributed by atoms with Gasteiger partial charge in [-0.05, 0) is 54.0 Å². The number of amides is 1. The molecule has 1 aliphatic rings. The van der Waals surface area contributed by atoms with Gasteiger partial charge >= 0.3 is 0 Å². The standard InChI is InChI=1S/C25H29FN2O/c1-3-18-5-4-6-21-23(16-27-25(18)21)22(19-7-9-20(26)10-8-19)15-24(29)28-13-11-17(2)12-14-28/h4-10,16-17,22,27H,3,11-15H2,1-2H3. The first-order valence-corrected chi connectivity index (χ1v) is 10.7. The smallest absolute Gasteiger partial charge is 0.223 e. The number of hydrogen-bond acceptors (Lipinski definition) is 1. The second kappa shape index (κ2) is 8.40. The Bertz CT molecular complexity index is 984. The number of carbonyl (C=O) groups excluding carboxylic acids is 1. The van der Waals surface area contributed by atoms with Crippen molar-refractivity contribution in [2.45, 2.75) is 45.4 Å². The topological polar surface area (TPSA) is 36.1 Å². The van der Waals surface area contributed by atoms with Gasteiger partial charge in [0.1, 0.15) is 5.82 Å². The molecule has 0 spiro atoms. The molecule has 1 aromatic heterocycles. The van der Waals surface area contributed by atoms with Gasteiger partial charge in [0.15, 0.2) is 0 Å². The summed E-state index contributed by atoms with van der Waals surface area (Å²) in [5.41, 5.74) is 4.49. The normalized spacial score (nSPS) is 16.3. The minimum absolute atomic E-state index is 0.0942. The molecule has 1 atom stereocenters. The largest absolute Gasteiger partial charge is 0.361 e. The summed E-state index contributed by atoms with van der Waals surface area (Å²) < 4.78 is 13.6. The van der Waals surface area contributed by atoms with Crippen molar-refractivity contribution < 1.29 is 9.18 Å². The number of rotatable bonds is 5. The molecule has 152 valence electrons. The molecule has 1 fully saturated rings. The molecule has 1 unspecified atom stereocenters. The summed E-state index contributed by atoms with van der Waals surface area (Å²) in [6.45, 7) is 6.07. The molecule has 2 heterocycles. The minimum atomic E-state index is -0.254. The van der Waals surface area contributed by atoms with Crippen LogP contribution in [0.1, 0.15) is 55.7 Å². The van der Waals surface area contributed by atoms with Crippen LogP contribution in [0.5, 0.6) is 0 Å². The first-order valence-electron chi connectivity index (χ1n) is 10.7. The fourth-order valence-corrected chi connectivity index (χ4v) is 4.49. The third-order valence-corrected chi connectivity index (χ3v) is 6.38. The number of fused-ring (bicyclic) bond motifs is 1. The van der Waals surface area contributed by atoms with Crippen molar-refractivity contribution in [3.63, 3.8) is 0 Å². The van der Waals surface area contributed by atoms with Crippen molar-refractivity contribution in [2.75, 3.05) is 13.1 Å². The van der Waals surface area contributed by atoms with Crippen LogP contribution in [0, 0.1) is 11.7 Å². The first kappa shape index (κ1) is 19.7. The van der Waals surface area contributed by atoms with Gasteiger partial charge in [0.2, 0.25) is 5.91 Å². The first-order chi connectivity index (χ1) is 14.1. The van der Waals surface area contributed by atoms with Gasteiger partial charge in [-0.1, -0.05) is 44.2 Å². The molecule has 3 nitrogen and oxygen atoms in total. The molecule has 4 rings (SSSR count). The summed E-state index contributed by atoms with van der Waals surface area (Å²) in [5.74, 6) is 0.527. The molecule has 2 aromatic carbocycles. The number of halogens is 1. The Balaban J connectivity index is 1.70. The molecular formula is C25H29FN2O. The molecule has 1 amide bonds. The zero-order valence-corrected chi connectivity index (χ0v) is 17.2. The fourth-order valence-electron chi connectivity index (χ4n) is 4.49. The molecule has 4 heteroatoms. The number of aromatic amines is 1. The van der Waals surface area contributed by atoms with E-state index in [0.29, 0.717) is 12.3 Å². The summed E-state index contributed by atoms with van der Waals surface area (Å²) in [6.07, 6.45) is 5.52. The molecule has 3 aromatic rings. The van der Waals surface area contributed by atoms with E-state index in [9.17, 15) is 9.18 Å². The number of aryl methyl sites for hydroxylation is 1. The van der Waals surface area contributed by atoms with Crippen LogP contribution >= 0.6 is 0 Å². The number of nitrogens with zero attached hydrogens (tertiary/aromatic N) is 1. The number of H-pyrrole nitrogens is 1. The van der Waals surface area contributed by atoms with Crippen molar-refractivity contribution in [3.05, 3.63) is 71.2 Å². The van der Waals surface area contributed by atoms with Crippen molar-refractivity contribution in [2.24, 2.45) is 5.92 Å². The Kier molecular flexibility index (Phi) is 5.70. The summed E-state index contributed by atoms with van der Waals surface area (Å²) >= 11 is 0. The van der Waals surface area contributed by atoms with Crippen LogP contribution in [0.4, 0.5) is 4.39 Å². The van der Waals surface area contributed by atoms with E-state index in [2.05, 4.69) is 37.0 Å². The lowest BCUT2D eigenvalue weighted by Gasteiger charge is -2.31. The average molecular weight is 393 g/mol. The second-order valence-corrected chi connectivity index (χ2v) is 8.31. The summed E-state index contributed by atoms with van der Waals surface area (Å²) in [7, 11) is 0. The van der Waals surface area contributed by atoms with Gasteiger partial charge in [-0.15, -0.1) is 0 Å². The lowest BCUT2D eigenvalue weighted by molar-refractivity contribution is -0.132. The summed E-state index contributed by atoms with van der Waals surface area (Å²) in [5, 5.41) is 1.15. The molecule has 1 aliphatic heterocycles. The van der Waals surface area contributed by atoms with E-state index in [0.717, 1.165) is 54.4 Å². The predicted octanol–water partition coefficient (Wildman–Crippen LogP) is 5.65. The van der Waals surface area contributed by atoms with Gasteiger partial charge in [0.05, 0.1) is 0 Å². The molecule has 29 heavy (non-hydrogen) atoms. The highest BCUT2D eigenvalue weighted by Crippen LogP contribution is 2.35. The third-order valence-electron chi connectivity index (χ3n) is 6.38. The van der Waals surface area contributed by atoms with Crippen LogP contribution in [0.3, 0.4) is 0 Å². The summed E-state index contributed by atoms with van der Waals surface area (Å²) in [4.78, 5) is 18.6.